The third-order valence-corrected chi connectivity index (χ3v) is 3.08. The van der Waals surface area contributed by atoms with Gasteiger partial charge in [0, 0.05) is 19.3 Å². The van der Waals surface area contributed by atoms with Crippen LogP contribution in [0, 0.1) is 0 Å². The van der Waals surface area contributed by atoms with Gasteiger partial charge in [0.15, 0.2) is 0 Å². The van der Waals surface area contributed by atoms with E-state index >= 15 is 0 Å². The van der Waals surface area contributed by atoms with Crippen LogP contribution >= 0.6 is 0 Å². The highest BCUT2D eigenvalue weighted by atomic mass is 16.5. The predicted octanol–water partition coefficient (Wildman–Crippen LogP) is 2.55. The molecule has 4 nitrogen and oxygen atoms in total. The highest BCUT2D eigenvalue weighted by Crippen LogP contribution is 2.19. The van der Waals surface area contributed by atoms with Crippen LogP contribution in [0.2, 0.25) is 0 Å². The van der Waals surface area contributed by atoms with Gasteiger partial charge in [-0.05, 0) is 29.8 Å². The summed E-state index contributed by atoms with van der Waals surface area (Å²) in [7, 11) is 3.33. The number of anilines is 1. The van der Waals surface area contributed by atoms with Crippen LogP contribution in [0.4, 0.5) is 5.69 Å². The molecule has 0 saturated carbocycles. The molecule has 0 aliphatic heterocycles. The maximum atomic E-state index is 12.4. The molecule has 0 aliphatic rings. The quantitative estimate of drug-likeness (QED) is 0.869. The maximum Gasteiger partial charge on any atom is 0.257 e. The average molecular weight is 270 g/mol. The molecule has 0 heterocycles. The van der Waals surface area contributed by atoms with E-state index in [1.54, 1.807) is 31.2 Å². The van der Waals surface area contributed by atoms with Gasteiger partial charge < -0.3 is 15.4 Å². The molecular formula is C16H18N2O2. The summed E-state index contributed by atoms with van der Waals surface area (Å²) in [5, 5.41) is 0. The summed E-state index contributed by atoms with van der Waals surface area (Å²) in [6.07, 6.45) is 0. The molecule has 0 radical (unpaired) electrons. The Balaban J connectivity index is 2.14. The standard InChI is InChI=1S/C16H18N2O2/c1-18(11-12-7-9-13(17)10-8-12)16(19)14-5-3-4-6-15(14)20-2/h3-10H,11,17H2,1-2H3. The highest BCUT2D eigenvalue weighted by molar-refractivity contribution is 5.96. The van der Waals surface area contributed by atoms with Gasteiger partial charge in [0.2, 0.25) is 0 Å². The summed E-state index contributed by atoms with van der Waals surface area (Å²) >= 11 is 0. The van der Waals surface area contributed by atoms with Gasteiger partial charge in [0.25, 0.3) is 5.91 Å². The number of hydrogen-bond acceptors (Lipinski definition) is 3. The Morgan fingerprint density at radius 2 is 1.80 bits per heavy atom. The fourth-order valence-electron chi connectivity index (χ4n) is 2.00. The molecule has 0 unspecified atom stereocenters. The van der Waals surface area contributed by atoms with Gasteiger partial charge in [-0.25, -0.2) is 0 Å². The van der Waals surface area contributed by atoms with E-state index in [1.807, 2.05) is 36.4 Å². The second kappa shape index (κ2) is 6.10. The van der Waals surface area contributed by atoms with Crippen LogP contribution in [0.5, 0.6) is 5.75 Å². The van der Waals surface area contributed by atoms with Crippen LogP contribution < -0.4 is 10.5 Å². The monoisotopic (exact) mass is 270 g/mol. The number of nitrogen functional groups attached to an aromatic ring is 1. The summed E-state index contributed by atoms with van der Waals surface area (Å²) in [5.41, 5.74) is 7.96. The number of ether oxygens (including phenoxy) is 1. The zero-order valence-corrected chi connectivity index (χ0v) is 11.7. The number of carbonyl (C=O) groups is 1. The van der Waals surface area contributed by atoms with Crippen LogP contribution in [0.1, 0.15) is 15.9 Å². The molecule has 0 saturated heterocycles. The molecule has 2 aromatic carbocycles. The molecule has 0 spiro atoms. The number of rotatable bonds is 4. The summed E-state index contributed by atoms with van der Waals surface area (Å²) in [5.74, 6) is 0.515. The topological polar surface area (TPSA) is 55.6 Å². The predicted molar refractivity (Wildman–Crippen MR) is 79.6 cm³/mol. The van der Waals surface area contributed by atoms with E-state index in [4.69, 9.17) is 10.5 Å². The van der Waals surface area contributed by atoms with Gasteiger partial charge in [-0.15, -0.1) is 0 Å². The van der Waals surface area contributed by atoms with E-state index < -0.39 is 0 Å². The van der Waals surface area contributed by atoms with E-state index in [0.29, 0.717) is 23.5 Å². The molecule has 1 amide bonds. The molecule has 0 bridgehead atoms. The Hall–Kier alpha value is -2.49. The van der Waals surface area contributed by atoms with Crippen LogP contribution in [-0.2, 0) is 6.54 Å². The first kappa shape index (κ1) is 13.9. The van der Waals surface area contributed by atoms with Crippen molar-refractivity contribution in [1.29, 1.82) is 0 Å². The van der Waals surface area contributed by atoms with Crippen molar-refractivity contribution in [3.05, 3.63) is 59.7 Å². The van der Waals surface area contributed by atoms with E-state index in [0.717, 1.165) is 5.56 Å². The number of amides is 1. The van der Waals surface area contributed by atoms with Crippen LogP contribution in [0.15, 0.2) is 48.5 Å². The van der Waals surface area contributed by atoms with Gasteiger partial charge in [0.05, 0.1) is 12.7 Å². The molecular weight excluding hydrogens is 252 g/mol. The van der Waals surface area contributed by atoms with Crippen molar-refractivity contribution in [3.63, 3.8) is 0 Å². The third-order valence-electron chi connectivity index (χ3n) is 3.08. The summed E-state index contributed by atoms with van der Waals surface area (Å²) in [6.45, 7) is 0.525. The number of carbonyl (C=O) groups excluding carboxylic acids is 1. The lowest BCUT2D eigenvalue weighted by Gasteiger charge is -2.18. The van der Waals surface area contributed by atoms with Gasteiger partial charge in [-0.1, -0.05) is 24.3 Å². The molecule has 0 fully saturated rings. The molecule has 0 aromatic heterocycles. The third kappa shape index (κ3) is 3.09. The zero-order valence-electron chi connectivity index (χ0n) is 11.7. The summed E-state index contributed by atoms with van der Waals surface area (Å²) < 4.78 is 5.22. The van der Waals surface area contributed by atoms with Gasteiger partial charge in [-0.2, -0.15) is 0 Å². The molecule has 104 valence electrons. The Morgan fingerprint density at radius 3 is 2.45 bits per heavy atom. The number of nitrogens with two attached hydrogens (primary N) is 1. The SMILES string of the molecule is COc1ccccc1C(=O)N(C)Cc1ccc(N)cc1. The largest absolute Gasteiger partial charge is 0.496 e. The van der Waals surface area contributed by atoms with E-state index in [2.05, 4.69) is 0 Å². The van der Waals surface area contributed by atoms with Crippen molar-refractivity contribution in [1.82, 2.24) is 4.90 Å². The molecule has 2 aromatic rings. The lowest BCUT2D eigenvalue weighted by molar-refractivity contribution is 0.0781. The number of methoxy groups -OCH3 is 1. The first-order valence-corrected chi connectivity index (χ1v) is 6.34. The van der Waals surface area contributed by atoms with E-state index in [9.17, 15) is 4.79 Å². The molecule has 2 N–H and O–H groups in total. The minimum Gasteiger partial charge on any atom is -0.496 e. The second-order valence-electron chi connectivity index (χ2n) is 4.60. The minimum absolute atomic E-state index is 0.0701. The normalized spacial score (nSPS) is 10.1. The average Bonchev–Trinajstić information content (AvgIpc) is 2.48. The summed E-state index contributed by atoms with van der Waals surface area (Å²) in [4.78, 5) is 14.1. The number of para-hydroxylation sites is 1. The van der Waals surface area contributed by atoms with Crippen LogP contribution in [0.3, 0.4) is 0 Å². The fourth-order valence-corrected chi connectivity index (χ4v) is 2.00. The van der Waals surface area contributed by atoms with Crippen molar-refractivity contribution in [3.8, 4) is 5.75 Å². The number of benzene rings is 2. The Morgan fingerprint density at radius 1 is 1.15 bits per heavy atom. The molecule has 20 heavy (non-hydrogen) atoms. The molecule has 0 aliphatic carbocycles. The van der Waals surface area contributed by atoms with Crippen molar-refractivity contribution < 1.29 is 9.53 Å². The van der Waals surface area contributed by atoms with Crippen molar-refractivity contribution >= 4 is 11.6 Å². The highest BCUT2D eigenvalue weighted by Gasteiger charge is 2.16. The van der Waals surface area contributed by atoms with E-state index in [-0.39, 0.29) is 5.91 Å². The second-order valence-corrected chi connectivity index (χ2v) is 4.60. The van der Waals surface area contributed by atoms with Crippen LogP contribution in [0.25, 0.3) is 0 Å². The summed E-state index contributed by atoms with van der Waals surface area (Å²) in [6, 6.07) is 14.7. The lowest BCUT2D eigenvalue weighted by atomic mass is 10.1. The number of hydrogen-bond donors (Lipinski definition) is 1. The Labute approximate surface area is 118 Å². The Kier molecular flexibility index (Phi) is 4.25. The maximum absolute atomic E-state index is 12.4. The van der Waals surface area contributed by atoms with Crippen molar-refractivity contribution in [2.24, 2.45) is 0 Å². The Bertz CT molecular complexity index is 594. The minimum atomic E-state index is -0.0701. The van der Waals surface area contributed by atoms with E-state index in [1.165, 1.54) is 0 Å². The van der Waals surface area contributed by atoms with Crippen LogP contribution in [-0.4, -0.2) is 25.0 Å². The zero-order chi connectivity index (χ0) is 14.5. The van der Waals surface area contributed by atoms with Gasteiger partial charge in [0.1, 0.15) is 5.75 Å². The smallest absolute Gasteiger partial charge is 0.257 e. The molecule has 2 rings (SSSR count). The van der Waals surface area contributed by atoms with Gasteiger partial charge in [-0.3, -0.25) is 4.79 Å². The molecule has 0 atom stereocenters. The molecule has 4 heteroatoms. The van der Waals surface area contributed by atoms with Gasteiger partial charge >= 0.3 is 0 Å². The number of nitrogens with zero attached hydrogens (tertiary/aromatic N) is 1. The first-order chi connectivity index (χ1) is 9.61. The fraction of sp³-hybridized carbons (Fsp3) is 0.188. The lowest BCUT2D eigenvalue weighted by Crippen LogP contribution is -2.26. The van der Waals surface area contributed by atoms with Crippen molar-refractivity contribution in [2.75, 3.05) is 19.9 Å². The first-order valence-electron chi connectivity index (χ1n) is 6.34. The van der Waals surface area contributed by atoms with Crippen molar-refractivity contribution in [2.45, 2.75) is 6.54 Å².